The van der Waals surface area contributed by atoms with Gasteiger partial charge in [-0.25, -0.2) is 0 Å². The zero-order valence-electron chi connectivity index (χ0n) is 15.2. The Balaban J connectivity index is 1.48. The van der Waals surface area contributed by atoms with Crippen molar-refractivity contribution in [3.8, 4) is 0 Å². The van der Waals surface area contributed by atoms with E-state index in [0.717, 1.165) is 23.7 Å². The van der Waals surface area contributed by atoms with Crippen LogP contribution in [0.15, 0.2) is 42.5 Å². The standard InChI is InChI=1S/C21H21N3O3/c1-23-20(26)17-10-5-14(13-18(17)21(23)27)19(25)22-15-6-8-16(9-7-15)24-11-3-2-4-12-24/h5-10,13H,2-4,11-12H2,1H3,(H,22,25). The molecule has 0 unspecified atom stereocenters. The molecule has 2 aromatic rings. The van der Waals surface area contributed by atoms with Crippen molar-refractivity contribution >= 4 is 29.1 Å². The molecule has 27 heavy (non-hydrogen) atoms. The highest BCUT2D eigenvalue weighted by molar-refractivity contribution is 6.22. The van der Waals surface area contributed by atoms with Gasteiger partial charge in [0.15, 0.2) is 0 Å². The highest BCUT2D eigenvalue weighted by atomic mass is 16.2. The van der Waals surface area contributed by atoms with Crippen LogP contribution in [0.5, 0.6) is 0 Å². The number of carbonyl (C=O) groups excluding carboxylic acids is 3. The average molecular weight is 363 g/mol. The van der Waals surface area contributed by atoms with Crippen molar-refractivity contribution in [1.82, 2.24) is 4.90 Å². The fraction of sp³-hybridized carbons (Fsp3) is 0.286. The Morgan fingerprint density at radius 1 is 0.889 bits per heavy atom. The summed E-state index contributed by atoms with van der Waals surface area (Å²) in [4.78, 5) is 40.0. The molecule has 0 bridgehead atoms. The maximum Gasteiger partial charge on any atom is 0.261 e. The fourth-order valence-electron chi connectivity index (χ4n) is 3.61. The number of nitrogens with one attached hydrogen (secondary N) is 1. The lowest BCUT2D eigenvalue weighted by atomic mass is 10.1. The first kappa shape index (κ1) is 17.3. The van der Waals surface area contributed by atoms with Crippen molar-refractivity contribution < 1.29 is 14.4 Å². The lowest BCUT2D eigenvalue weighted by Crippen LogP contribution is -2.29. The Hall–Kier alpha value is -3.15. The van der Waals surface area contributed by atoms with E-state index in [4.69, 9.17) is 0 Å². The molecular formula is C21H21N3O3. The summed E-state index contributed by atoms with van der Waals surface area (Å²) in [5.41, 5.74) is 2.82. The van der Waals surface area contributed by atoms with E-state index >= 15 is 0 Å². The molecular weight excluding hydrogens is 342 g/mol. The van der Waals surface area contributed by atoms with Crippen LogP contribution >= 0.6 is 0 Å². The van der Waals surface area contributed by atoms with E-state index in [9.17, 15) is 14.4 Å². The minimum Gasteiger partial charge on any atom is -0.372 e. The molecule has 3 amide bonds. The van der Waals surface area contributed by atoms with Crippen LogP contribution in [0.1, 0.15) is 50.3 Å². The minimum atomic E-state index is -0.379. The van der Waals surface area contributed by atoms with Crippen LogP contribution in [0.2, 0.25) is 0 Å². The Labute approximate surface area is 157 Å². The second kappa shape index (κ2) is 6.87. The zero-order valence-corrected chi connectivity index (χ0v) is 15.2. The van der Waals surface area contributed by atoms with Gasteiger partial charge in [-0.3, -0.25) is 19.3 Å². The lowest BCUT2D eigenvalue weighted by Gasteiger charge is -2.28. The van der Waals surface area contributed by atoms with Crippen LogP contribution in [0.4, 0.5) is 11.4 Å². The van der Waals surface area contributed by atoms with Crippen LogP contribution in [-0.4, -0.2) is 42.8 Å². The molecule has 1 saturated heterocycles. The topological polar surface area (TPSA) is 69.7 Å². The third kappa shape index (κ3) is 3.18. The van der Waals surface area contributed by atoms with Crippen LogP contribution in [0, 0.1) is 0 Å². The van der Waals surface area contributed by atoms with E-state index in [1.54, 1.807) is 6.07 Å². The highest BCUT2D eigenvalue weighted by Gasteiger charge is 2.33. The van der Waals surface area contributed by atoms with Crippen molar-refractivity contribution in [2.24, 2.45) is 0 Å². The van der Waals surface area contributed by atoms with Crippen LogP contribution < -0.4 is 10.2 Å². The number of hydrogen-bond donors (Lipinski definition) is 1. The third-order valence-electron chi connectivity index (χ3n) is 5.20. The van der Waals surface area contributed by atoms with Gasteiger partial charge in [-0.05, 0) is 61.7 Å². The lowest BCUT2D eigenvalue weighted by molar-refractivity contribution is 0.0693. The number of nitrogens with zero attached hydrogens (tertiary/aromatic N) is 2. The number of fused-ring (bicyclic) bond motifs is 1. The quantitative estimate of drug-likeness (QED) is 0.851. The summed E-state index contributed by atoms with van der Waals surface area (Å²) in [6, 6.07) is 12.4. The number of anilines is 2. The summed E-state index contributed by atoms with van der Waals surface area (Å²) in [6.45, 7) is 2.14. The average Bonchev–Trinajstić information content (AvgIpc) is 2.93. The molecule has 2 aromatic carbocycles. The van der Waals surface area contributed by atoms with E-state index < -0.39 is 0 Å². The van der Waals surface area contributed by atoms with Crippen molar-refractivity contribution in [2.75, 3.05) is 30.4 Å². The summed E-state index contributed by atoms with van der Waals surface area (Å²) in [6.07, 6.45) is 3.72. The van der Waals surface area contributed by atoms with E-state index in [-0.39, 0.29) is 23.3 Å². The Morgan fingerprint density at radius 2 is 1.56 bits per heavy atom. The van der Waals surface area contributed by atoms with Gasteiger partial charge in [0.2, 0.25) is 0 Å². The van der Waals surface area contributed by atoms with E-state index in [2.05, 4.69) is 10.2 Å². The first-order valence-corrected chi connectivity index (χ1v) is 9.17. The Morgan fingerprint density at radius 3 is 2.26 bits per heavy atom. The third-order valence-corrected chi connectivity index (χ3v) is 5.20. The number of imide groups is 1. The maximum absolute atomic E-state index is 12.5. The summed E-state index contributed by atoms with van der Waals surface area (Å²) < 4.78 is 0. The van der Waals surface area contributed by atoms with Gasteiger partial charge in [0.25, 0.3) is 17.7 Å². The molecule has 6 heteroatoms. The van der Waals surface area contributed by atoms with E-state index in [1.165, 1.54) is 38.4 Å². The second-order valence-corrected chi connectivity index (χ2v) is 6.98. The molecule has 2 aliphatic heterocycles. The van der Waals surface area contributed by atoms with Crippen LogP contribution in [0.3, 0.4) is 0 Å². The van der Waals surface area contributed by atoms with Gasteiger partial charge in [0.1, 0.15) is 0 Å². The van der Waals surface area contributed by atoms with Crippen molar-refractivity contribution in [1.29, 1.82) is 0 Å². The molecule has 0 aromatic heterocycles. The first-order chi connectivity index (χ1) is 13.0. The summed E-state index contributed by atoms with van der Waals surface area (Å²) in [7, 11) is 1.44. The SMILES string of the molecule is CN1C(=O)c2ccc(C(=O)Nc3ccc(N4CCCCC4)cc3)cc2C1=O. The summed E-state index contributed by atoms with van der Waals surface area (Å²) in [5, 5.41) is 2.85. The van der Waals surface area contributed by atoms with Gasteiger partial charge < -0.3 is 10.2 Å². The molecule has 2 heterocycles. The van der Waals surface area contributed by atoms with Gasteiger partial charge in [-0.2, -0.15) is 0 Å². The summed E-state index contributed by atoms with van der Waals surface area (Å²) in [5.74, 6) is -1.02. The molecule has 0 spiro atoms. The number of benzene rings is 2. The first-order valence-electron chi connectivity index (χ1n) is 9.17. The molecule has 138 valence electrons. The van der Waals surface area contributed by atoms with E-state index in [0.29, 0.717) is 16.8 Å². The van der Waals surface area contributed by atoms with Gasteiger partial charge in [-0.15, -0.1) is 0 Å². The number of amides is 3. The molecule has 0 radical (unpaired) electrons. The smallest absolute Gasteiger partial charge is 0.261 e. The fourth-order valence-corrected chi connectivity index (χ4v) is 3.61. The molecule has 6 nitrogen and oxygen atoms in total. The predicted molar refractivity (Wildman–Crippen MR) is 103 cm³/mol. The van der Waals surface area contributed by atoms with E-state index in [1.807, 2.05) is 24.3 Å². The van der Waals surface area contributed by atoms with Gasteiger partial charge in [0.05, 0.1) is 11.1 Å². The monoisotopic (exact) mass is 363 g/mol. The molecule has 1 fully saturated rings. The van der Waals surface area contributed by atoms with Gasteiger partial charge >= 0.3 is 0 Å². The van der Waals surface area contributed by atoms with Crippen molar-refractivity contribution in [2.45, 2.75) is 19.3 Å². The molecule has 0 aliphatic carbocycles. The molecule has 0 saturated carbocycles. The zero-order chi connectivity index (χ0) is 19.0. The van der Waals surface area contributed by atoms with Crippen LogP contribution in [-0.2, 0) is 0 Å². The Kier molecular flexibility index (Phi) is 4.39. The highest BCUT2D eigenvalue weighted by Crippen LogP contribution is 2.24. The normalized spacial score (nSPS) is 16.5. The van der Waals surface area contributed by atoms with Gasteiger partial charge in [0, 0.05) is 37.1 Å². The maximum atomic E-state index is 12.5. The largest absolute Gasteiger partial charge is 0.372 e. The van der Waals surface area contributed by atoms with Crippen molar-refractivity contribution in [3.05, 3.63) is 59.2 Å². The number of rotatable bonds is 3. The molecule has 0 atom stereocenters. The second-order valence-electron chi connectivity index (χ2n) is 6.98. The number of carbonyl (C=O) groups is 3. The van der Waals surface area contributed by atoms with Gasteiger partial charge in [-0.1, -0.05) is 0 Å². The number of hydrogen-bond acceptors (Lipinski definition) is 4. The molecule has 2 aliphatic rings. The molecule has 1 N–H and O–H groups in total. The predicted octanol–water partition coefficient (Wildman–Crippen LogP) is 3.16. The number of piperidine rings is 1. The summed E-state index contributed by atoms with van der Waals surface area (Å²) >= 11 is 0. The Bertz CT molecular complexity index is 915. The van der Waals surface area contributed by atoms with Crippen molar-refractivity contribution in [3.63, 3.8) is 0 Å². The molecule has 4 rings (SSSR count). The van der Waals surface area contributed by atoms with Crippen LogP contribution in [0.25, 0.3) is 0 Å². The minimum absolute atomic E-state index is 0.274.